The van der Waals surface area contributed by atoms with E-state index >= 15 is 0 Å². The Morgan fingerprint density at radius 1 is 1.35 bits per heavy atom. The molecule has 7 heteroatoms. The summed E-state index contributed by atoms with van der Waals surface area (Å²) in [7, 11) is 0. The Bertz CT molecular complexity index is 463. The third kappa shape index (κ3) is 3.79. The summed E-state index contributed by atoms with van der Waals surface area (Å²) < 4.78 is 1.10. The van der Waals surface area contributed by atoms with E-state index in [1.807, 2.05) is 0 Å². The van der Waals surface area contributed by atoms with Crippen LogP contribution < -0.4 is 11.1 Å². The number of nitrogens with two attached hydrogens (primary N) is 1. The summed E-state index contributed by atoms with van der Waals surface area (Å²) >= 11 is 6.39. The molecule has 5 nitrogen and oxygen atoms in total. The van der Waals surface area contributed by atoms with Crippen LogP contribution in [-0.2, 0) is 4.79 Å². The van der Waals surface area contributed by atoms with Crippen LogP contribution in [0.25, 0.3) is 0 Å². The molecule has 0 aliphatic rings. The summed E-state index contributed by atoms with van der Waals surface area (Å²) in [4.78, 5) is 22.5. The monoisotopic (exact) mass is 364 g/mol. The first-order chi connectivity index (χ1) is 7.95. The van der Waals surface area contributed by atoms with Gasteiger partial charge in [0.1, 0.15) is 0 Å². The summed E-state index contributed by atoms with van der Waals surface area (Å²) in [5.74, 6) is -1.44. The summed E-state index contributed by atoms with van der Waals surface area (Å²) in [6.07, 6.45) is 0.140. The highest BCUT2D eigenvalue weighted by molar-refractivity contribution is 9.11. The molecule has 4 N–H and O–H groups in total. The van der Waals surface area contributed by atoms with Gasteiger partial charge in [0.15, 0.2) is 0 Å². The number of halogens is 2. The van der Waals surface area contributed by atoms with Crippen LogP contribution in [0.3, 0.4) is 0 Å². The summed E-state index contributed by atoms with van der Waals surface area (Å²) in [5, 5.41) is 11.6. The first kappa shape index (κ1) is 14.1. The average Bonchev–Trinajstić information content (AvgIpc) is 2.21. The van der Waals surface area contributed by atoms with E-state index in [1.165, 1.54) is 6.07 Å². The normalized spacial score (nSPS) is 10.1. The molecule has 0 radical (unpaired) electrons. The lowest BCUT2D eigenvalue weighted by atomic mass is 10.1. The lowest BCUT2D eigenvalue weighted by Gasteiger charge is -2.11. The van der Waals surface area contributed by atoms with Crippen LogP contribution in [0, 0.1) is 0 Å². The van der Waals surface area contributed by atoms with Crippen molar-refractivity contribution < 1.29 is 14.7 Å². The molecule has 1 aromatic carbocycles. The molecule has 1 aromatic rings. The molecule has 0 aliphatic heterocycles. The van der Waals surface area contributed by atoms with Crippen molar-refractivity contribution in [3.05, 3.63) is 26.6 Å². The molecule has 17 heavy (non-hydrogen) atoms. The van der Waals surface area contributed by atoms with Crippen LogP contribution in [0.1, 0.15) is 16.8 Å². The number of carbonyl (C=O) groups excluding carboxylic acids is 1. The van der Waals surface area contributed by atoms with Crippen molar-refractivity contribution in [2.75, 3.05) is 11.9 Å². The maximum Gasteiger partial charge on any atom is 0.337 e. The molecule has 92 valence electrons. The van der Waals surface area contributed by atoms with Gasteiger partial charge in [0.25, 0.3) is 0 Å². The van der Waals surface area contributed by atoms with Crippen molar-refractivity contribution >= 4 is 49.4 Å². The molecule has 0 atom stereocenters. The van der Waals surface area contributed by atoms with Gasteiger partial charge in [-0.15, -0.1) is 0 Å². The number of nitrogens with one attached hydrogen (secondary N) is 1. The number of rotatable bonds is 4. The number of carboxylic acid groups (broad SMARTS) is 1. The van der Waals surface area contributed by atoms with Gasteiger partial charge in [-0.25, -0.2) is 4.79 Å². The van der Waals surface area contributed by atoms with Crippen LogP contribution in [0.4, 0.5) is 5.69 Å². The highest BCUT2D eigenvalue weighted by Gasteiger charge is 2.16. The maximum atomic E-state index is 11.4. The second-order valence-electron chi connectivity index (χ2n) is 3.20. The maximum absolute atomic E-state index is 11.4. The number of carbonyl (C=O) groups is 2. The Balaban J connectivity index is 3.12. The minimum absolute atomic E-state index is 0.0108. The third-order valence-electron chi connectivity index (χ3n) is 1.92. The van der Waals surface area contributed by atoms with E-state index < -0.39 is 5.97 Å². The molecule has 0 aliphatic carbocycles. The van der Waals surface area contributed by atoms with Gasteiger partial charge < -0.3 is 16.2 Å². The number of hydrogen-bond donors (Lipinski definition) is 3. The van der Waals surface area contributed by atoms with Crippen LogP contribution in [0.2, 0.25) is 0 Å². The summed E-state index contributed by atoms with van der Waals surface area (Å²) in [6.45, 7) is 0.211. The largest absolute Gasteiger partial charge is 0.478 e. The average molecular weight is 366 g/mol. The second-order valence-corrected chi connectivity index (χ2v) is 4.97. The Kier molecular flexibility index (Phi) is 5.10. The van der Waals surface area contributed by atoms with Crippen molar-refractivity contribution in [1.82, 2.24) is 0 Å². The molecule has 1 rings (SSSR count). The topological polar surface area (TPSA) is 92.4 Å². The van der Waals surface area contributed by atoms with E-state index in [0.717, 1.165) is 0 Å². The molecule has 0 unspecified atom stereocenters. The number of aromatic carboxylic acids is 1. The number of benzene rings is 1. The van der Waals surface area contributed by atoms with Crippen molar-refractivity contribution in [1.29, 1.82) is 0 Å². The Morgan fingerprint density at radius 3 is 2.53 bits per heavy atom. The Hall–Kier alpha value is -0.920. The van der Waals surface area contributed by atoms with Crippen LogP contribution in [0.5, 0.6) is 0 Å². The zero-order valence-corrected chi connectivity index (χ0v) is 11.8. The SMILES string of the molecule is NCCC(=O)Nc1c(Br)cc(Br)cc1C(=O)O. The molecular weight excluding hydrogens is 356 g/mol. The van der Waals surface area contributed by atoms with Crippen molar-refractivity contribution in [3.63, 3.8) is 0 Å². The fourth-order valence-electron chi connectivity index (χ4n) is 1.20. The predicted molar refractivity (Wildman–Crippen MR) is 71.1 cm³/mol. The third-order valence-corrected chi connectivity index (χ3v) is 3.00. The molecule has 0 saturated heterocycles. The molecule has 0 bridgehead atoms. The van der Waals surface area contributed by atoms with Crippen molar-refractivity contribution in [2.45, 2.75) is 6.42 Å². The standard InChI is InChI=1S/C10H10Br2N2O3/c11-5-3-6(10(16)17)9(7(12)4-5)14-8(15)1-2-13/h3-4H,1-2,13H2,(H,14,15)(H,16,17). The number of anilines is 1. The van der Waals surface area contributed by atoms with Gasteiger partial charge in [0, 0.05) is 21.9 Å². The van der Waals surface area contributed by atoms with E-state index in [9.17, 15) is 9.59 Å². The van der Waals surface area contributed by atoms with E-state index in [1.54, 1.807) is 6.07 Å². The lowest BCUT2D eigenvalue weighted by Crippen LogP contribution is -2.18. The van der Waals surface area contributed by atoms with E-state index in [0.29, 0.717) is 8.95 Å². The number of amides is 1. The van der Waals surface area contributed by atoms with Crippen molar-refractivity contribution in [3.8, 4) is 0 Å². The van der Waals surface area contributed by atoms with Gasteiger partial charge in [-0.3, -0.25) is 4.79 Å². The number of hydrogen-bond acceptors (Lipinski definition) is 3. The van der Waals surface area contributed by atoms with E-state index in [4.69, 9.17) is 10.8 Å². The highest BCUT2D eigenvalue weighted by Crippen LogP contribution is 2.30. The van der Waals surface area contributed by atoms with Gasteiger partial charge in [0.05, 0.1) is 11.3 Å². The molecule has 1 amide bonds. The smallest absolute Gasteiger partial charge is 0.337 e. The van der Waals surface area contributed by atoms with Gasteiger partial charge in [-0.05, 0) is 28.1 Å². The lowest BCUT2D eigenvalue weighted by molar-refractivity contribution is -0.116. The zero-order chi connectivity index (χ0) is 13.0. The van der Waals surface area contributed by atoms with Crippen LogP contribution >= 0.6 is 31.9 Å². The predicted octanol–water partition coefficient (Wildman–Crippen LogP) is 2.20. The second kappa shape index (κ2) is 6.13. The van der Waals surface area contributed by atoms with Gasteiger partial charge in [-0.1, -0.05) is 15.9 Å². The summed E-state index contributed by atoms with van der Waals surface area (Å²) in [5.41, 5.74) is 5.49. The molecule has 0 heterocycles. The Morgan fingerprint density at radius 2 is 2.00 bits per heavy atom. The first-order valence-corrected chi connectivity index (χ1v) is 6.26. The van der Waals surface area contributed by atoms with Gasteiger partial charge >= 0.3 is 5.97 Å². The summed E-state index contributed by atoms with van der Waals surface area (Å²) in [6, 6.07) is 3.08. The van der Waals surface area contributed by atoms with Gasteiger partial charge in [0.2, 0.25) is 5.91 Å². The first-order valence-electron chi connectivity index (χ1n) is 4.68. The van der Waals surface area contributed by atoms with Crippen molar-refractivity contribution in [2.24, 2.45) is 5.73 Å². The molecular formula is C10H10Br2N2O3. The Labute approximate surface area is 115 Å². The molecule has 0 spiro atoms. The van der Waals surface area contributed by atoms with Crippen LogP contribution in [0.15, 0.2) is 21.1 Å². The molecule has 0 saturated carbocycles. The fraction of sp³-hybridized carbons (Fsp3) is 0.200. The number of carboxylic acids is 1. The molecule has 0 aromatic heterocycles. The minimum Gasteiger partial charge on any atom is -0.478 e. The minimum atomic E-state index is -1.12. The van der Waals surface area contributed by atoms with Gasteiger partial charge in [-0.2, -0.15) is 0 Å². The fourth-order valence-corrected chi connectivity index (χ4v) is 2.53. The van der Waals surface area contributed by atoms with E-state index in [-0.39, 0.29) is 30.1 Å². The molecule has 0 fully saturated rings. The quantitative estimate of drug-likeness (QED) is 0.762. The highest BCUT2D eigenvalue weighted by atomic mass is 79.9. The van der Waals surface area contributed by atoms with E-state index in [2.05, 4.69) is 37.2 Å². The zero-order valence-electron chi connectivity index (χ0n) is 8.67. The van der Waals surface area contributed by atoms with Crippen LogP contribution in [-0.4, -0.2) is 23.5 Å².